The maximum Gasteiger partial charge on any atom is 0.0406 e. The lowest BCUT2D eigenvalue weighted by molar-refractivity contribution is 0.477. The Balaban J connectivity index is 1.92. The van der Waals surface area contributed by atoms with Gasteiger partial charge in [0.25, 0.3) is 0 Å². The van der Waals surface area contributed by atoms with Crippen LogP contribution < -0.4 is 5.32 Å². The van der Waals surface area contributed by atoms with E-state index in [1.54, 1.807) is 0 Å². The molecule has 0 aliphatic carbocycles. The molecule has 0 heterocycles. The molecule has 1 N–H and O–H groups in total. The van der Waals surface area contributed by atoms with Gasteiger partial charge in [-0.25, -0.2) is 0 Å². The van der Waals surface area contributed by atoms with Crippen molar-refractivity contribution in [3.63, 3.8) is 0 Å². The van der Waals surface area contributed by atoms with Gasteiger partial charge in [0.05, 0.1) is 0 Å². The van der Waals surface area contributed by atoms with Gasteiger partial charge in [-0.1, -0.05) is 47.5 Å². The molecule has 0 fully saturated rings. The minimum Gasteiger partial charge on any atom is -0.307 e. The molecular formula is C17H19Cl2N. The number of halogens is 2. The van der Waals surface area contributed by atoms with Crippen LogP contribution in [0.1, 0.15) is 31.0 Å². The van der Waals surface area contributed by atoms with Crippen LogP contribution in [0.3, 0.4) is 0 Å². The summed E-state index contributed by atoms with van der Waals surface area (Å²) in [6.45, 7) is 4.36. The zero-order valence-corrected chi connectivity index (χ0v) is 13.2. The Morgan fingerprint density at radius 3 is 1.90 bits per heavy atom. The third kappa shape index (κ3) is 4.52. The second-order valence-electron chi connectivity index (χ2n) is 5.17. The fraction of sp³-hybridized carbons (Fsp3) is 0.294. The molecule has 2 rings (SSSR count). The first kappa shape index (κ1) is 15.4. The smallest absolute Gasteiger partial charge is 0.0406 e. The predicted octanol–water partition coefficient (Wildman–Crippen LogP) is 5.28. The molecule has 2 aromatic carbocycles. The maximum absolute atomic E-state index is 5.91. The highest BCUT2D eigenvalue weighted by Crippen LogP contribution is 2.17. The molecular weight excluding hydrogens is 289 g/mol. The van der Waals surface area contributed by atoms with E-state index in [1.165, 1.54) is 11.1 Å². The summed E-state index contributed by atoms with van der Waals surface area (Å²) in [6.07, 6.45) is 0.981. The lowest BCUT2D eigenvalue weighted by Crippen LogP contribution is -2.30. The van der Waals surface area contributed by atoms with Gasteiger partial charge in [-0.2, -0.15) is 0 Å². The molecule has 0 amide bonds. The summed E-state index contributed by atoms with van der Waals surface area (Å²) < 4.78 is 0. The lowest BCUT2D eigenvalue weighted by Gasteiger charge is -2.20. The van der Waals surface area contributed by atoms with Gasteiger partial charge in [0.1, 0.15) is 0 Å². The molecule has 0 aliphatic heterocycles. The molecule has 1 nitrogen and oxygen atoms in total. The number of nitrogens with one attached hydrogen (secondary N) is 1. The van der Waals surface area contributed by atoms with Crippen molar-refractivity contribution in [1.82, 2.24) is 5.32 Å². The van der Waals surface area contributed by atoms with Gasteiger partial charge in [-0.3, -0.25) is 0 Å². The minimum atomic E-state index is 0.301. The standard InChI is InChI=1S/C17H19Cl2N/c1-12(11-14-3-7-16(18)8-4-14)20-13(2)15-5-9-17(19)10-6-15/h3-10,12-13,20H,11H2,1-2H3. The van der Waals surface area contributed by atoms with Gasteiger partial charge >= 0.3 is 0 Å². The van der Waals surface area contributed by atoms with Crippen molar-refractivity contribution in [2.45, 2.75) is 32.4 Å². The fourth-order valence-corrected chi connectivity index (χ4v) is 2.56. The molecule has 2 unspecified atom stereocenters. The first-order valence-corrected chi connectivity index (χ1v) is 7.56. The molecule has 0 spiro atoms. The monoisotopic (exact) mass is 307 g/mol. The Labute approximate surface area is 130 Å². The average Bonchev–Trinajstić information content (AvgIpc) is 2.42. The van der Waals surface area contributed by atoms with E-state index in [2.05, 4.69) is 43.4 Å². The second-order valence-corrected chi connectivity index (χ2v) is 6.04. The molecule has 3 heteroatoms. The van der Waals surface area contributed by atoms with Crippen molar-refractivity contribution in [3.05, 3.63) is 69.7 Å². The fourth-order valence-electron chi connectivity index (χ4n) is 2.31. The highest BCUT2D eigenvalue weighted by atomic mass is 35.5. The van der Waals surface area contributed by atoms with Crippen molar-refractivity contribution in [2.75, 3.05) is 0 Å². The van der Waals surface area contributed by atoms with Crippen LogP contribution in [-0.4, -0.2) is 6.04 Å². The molecule has 2 aromatic rings. The van der Waals surface area contributed by atoms with Crippen LogP contribution in [-0.2, 0) is 6.42 Å². The van der Waals surface area contributed by atoms with Crippen LogP contribution >= 0.6 is 23.2 Å². The first-order valence-electron chi connectivity index (χ1n) is 6.80. The zero-order chi connectivity index (χ0) is 14.5. The van der Waals surface area contributed by atoms with Gasteiger partial charge in [0.15, 0.2) is 0 Å². The topological polar surface area (TPSA) is 12.0 Å². The van der Waals surface area contributed by atoms with E-state index in [4.69, 9.17) is 23.2 Å². The van der Waals surface area contributed by atoms with Crippen molar-refractivity contribution >= 4 is 23.2 Å². The molecule has 0 saturated carbocycles. The van der Waals surface area contributed by atoms with Crippen molar-refractivity contribution in [2.24, 2.45) is 0 Å². The Morgan fingerprint density at radius 2 is 1.35 bits per heavy atom. The number of hydrogen-bond donors (Lipinski definition) is 1. The summed E-state index contributed by atoms with van der Waals surface area (Å²) in [4.78, 5) is 0. The van der Waals surface area contributed by atoms with Crippen molar-refractivity contribution in [3.8, 4) is 0 Å². The Morgan fingerprint density at radius 1 is 0.850 bits per heavy atom. The van der Waals surface area contributed by atoms with Crippen LogP contribution in [0.15, 0.2) is 48.5 Å². The van der Waals surface area contributed by atoms with E-state index >= 15 is 0 Å². The van der Waals surface area contributed by atoms with Gasteiger partial charge in [0, 0.05) is 22.1 Å². The minimum absolute atomic E-state index is 0.301. The van der Waals surface area contributed by atoms with Crippen LogP contribution in [0.5, 0.6) is 0 Å². The van der Waals surface area contributed by atoms with Gasteiger partial charge in [-0.05, 0) is 55.7 Å². The van der Waals surface area contributed by atoms with E-state index in [1.807, 2.05) is 24.3 Å². The summed E-state index contributed by atoms with van der Waals surface area (Å²) in [5.41, 5.74) is 2.54. The highest BCUT2D eigenvalue weighted by Gasteiger charge is 2.10. The molecule has 0 aliphatic rings. The Bertz CT molecular complexity index is 534. The molecule has 0 radical (unpaired) electrons. The third-order valence-corrected chi connectivity index (χ3v) is 3.86. The van der Waals surface area contributed by atoms with Crippen molar-refractivity contribution in [1.29, 1.82) is 0 Å². The van der Waals surface area contributed by atoms with E-state index in [-0.39, 0.29) is 0 Å². The summed E-state index contributed by atoms with van der Waals surface area (Å²) in [7, 11) is 0. The third-order valence-electron chi connectivity index (χ3n) is 3.36. The average molecular weight is 308 g/mol. The van der Waals surface area contributed by atoms with Crippen LogP contribution in [0.25, 0.3) is 0 Å². The van der Waals surface area contributed by atoms with Crippen LogP contribution in [0.2, 0.25) is 10.0 Å². The largest absolute Gasteiger partial charge is 0.307 e. The maximum atomic E-state index is 5.91. The molecule has 0 aromatic heterocycles. The van der Waals surface area contributed by atoms with Crippen LogP contribution in [0, 0.1) is 0 Å². The summed E-state index contributed by atoms with van der Waals surface area (Å²) >= 11 is 11.8. The van der Waals surface area contributed by atoms with Gasteiger partial charge in [-0.15, -0.1) is 0 Å². The summed E-state index contributed by atoms with van der Waals surface area (Å²) in [5.74, 6) is 0. The SMILES string of the molecule is CC(Cc1ccc(Cl)cc1)NC(C)c1ccc(Cl)cc1. The normalized spacial score (nSPS) is 14.0. The number of hydrogen-bond acceptors (Lipinski definition) is 1. The molecule has 2 atom stereocenters. The predicted molar refractivity (Wildman–Crippen MR) is 87.6 cm³/mol. The molecule has 106 valence electrons. The van der Waals surface area contributed by atoms with Gasteiger partial charge in [0.2, 0.25) is 0 Å². The number of benzene rings is 2. The van der Waals surface area contributed by atoms with Crippen molar-refractivity contribution < 1.29 is 0 Å². The summed E-state index contributed by atoms with van der Waals surface area (Å²) in [5, 5.41) is 5.16. The second kappa shape index (κ2) is 7.12. The van der Waals surface area contributed by atoms with E-state index in [0.717, 1.165) is 16.5 Å². The molecule has 20 heavy (non-hydrogen) atoms. The van der Waals surface area contributed by atoms with E-state index in [9.17, 15) is 0 Å². The quantitative estimate of drug-likeness (QED) is 0.793. The van der Waals surface area contributed by atoms with Crippen LogP contribution in [0.4, 0.5) is 0 Å². The number of rotatable bonds is 5. The zero-order valence-electron chi connectivity index (χ0n) is 11.7. The lowest BCUT2D eigenvalue weighted by atomic mass is 10.0. The first-order chi connectivity index (χ1) is 9.54. The van der Waals surface area contributed by atoms with E-state index < -0.39 is 0 Å². The molecule has 0 bridgehead atoms. The van der Waals surface area contributed by atoms with Gasteiger partial charge < -0.3 is 5.32 Å². The highest BCUT2D eigenvalue weighted by molar-refractivity contribution is 6.30. The Kier molecular flexibility index (Phi) is 5.47. The molecule has 0 saturated heterocycles. The van der Waals surface area contributed by atoms with E-state index in [0.29, 0.717) is 12.1 Å². The Hall–Kier alpha value is -1.02. The summed E-state index contributed by atoms with van der Waals surface area (Å²) in [6, 6.07) is 16.7.